The third-order valence-electron chi connectivity index (χ3n) is 6.67. The number of hydrogen-bond donors (Lipinski definition) is 1. The Morgan fingerprint density at radius 1 is 1.25 bits per heavy atom. The summed E-state index contributed by atoms with van der Waals surface area (Å²) in [7, 11) is 2.34. The molecule has 0 amide bonds. The summed E-state index contributed by atoms with van der Waals surface area (Å²) < 4.78 is 0. The molecule has 0 heterocycles. The largest absolute Gasteiger partial charge is 0.329 e. The van der Waals surface area contributed by atoms with Gasteiger partial charge >= 0.3 is 0 Å². The standard InChI is InChI=1S/C18H36N2/c1-5-14(3)11-18(6-2,13-19)20(4)12-17-10-15-7-8-16(17)9-15/h14-17H,5-13,19H2,1-4H3. The van der Waals surface area contributed by atoms with Crippen molar-refractivity contribution in [1.29, 1.82) is 0 Å². The predicted molar refractivity (Wildman–Crippen MR) is 87.7 cm³/mol. The van der Waals surface area contributed by atoms with Gasteiger partial charge in [-0.25, -0.2) is 0 Å². The van der Waals surface area contributed by atoms with Crippen LogP contribution in [0.1, 0.15) is 65.7 Å². The van der Waals surface area contributed by atoms with Crippen LogP contribution >= 0.6 is 0 Å². The van der Waals surface area contributed by atoms with Gasteiger partial charge in [-0.05, 0) is 62.8 Å². The number of fused-ring (bicyclic) bond motifs is 2. The van der Waals surface area contributed by atoms with Crippen molar-refractivity contribution >= 4 is 0 Å². The van der Waals surface area contributed by atoms with Crippen LogP contribution in [0.15, 0.2) is 0 Å². The summed E-state index contributed by atoms with van der Waals surface area (Å²) in [5.41, 5.74) is 6.46. The van der Waals surface area contributed by atoms with Crippen LogP contribution in [0.25, 0.3) is 0 Å². The van der Waals surface area contributed by atoms with Crippen molar-refractivity contribution in [3.63, 3.8) is 0 Å². The SMILES string of the molecule is CCC(C)CC(CC)(CN)N(C)CC1CC2CCC1C2. The molecular formula is C18H36N2. The van der Waals surface area contributed by atoms with E-state index in [1.54, 1.807) is 0 Å². The Labute approximate surface area is 126 Å². The lowest BCUT2D eigenvalue weighted by Crippen LogP contribution is -2.54. The molecular weight excluding hydrogens is 244 g/mol. The van der Waals surface area contributed by atoms with Gasteiger partial charge in [0.15, 0.2) is 0 Å². The Hall–Kier alpha value is -0.0800. The lowest BCUT2D eigenvalue weighted by Gasteiger charge is -2.44. The highest BCUT2D eigenvalue weighted by Crippen LogP contribution is 2.49. The molecule has 5 unspecified atom stereocenters. The van der Waals surface area contributed by atoms with Gasteiger partial charge in [-0.2, -0.15) is 0 Å². The minimum Gasteiger partial charge on any atom is -0.329 e. The van der Waals surface area contributed by atoms with Gasteiger partial charge in [0, 0.05) is 18.6 Å². The average Bonchev–Trinajstić information content (AvgIpc) is 3.06. The van der Waals surface area contributed by atoms with Crippen LogP contribution in [-0.2, 0) is 0 Å². The smallest absolute Gasteiger partial charge is 0.0328 e. The van der Waals surface area contributed by atoms with E-state index < -0.39 is 0 Å². The number of nitrogens with two attached hydrogens (primary N) is 1. The molecule has 0 aromatic heterocycles. The summed E-state index contributed by atoms with van der Waals surface area (Å²) in [6, 6.07) is 0. The summed E-state index contributed by atoms with van der Waals surface area (Å²) in [5, 5.41) is 0. The van der Waals surface area contributed by atoms with Crippen molar-refractivity contribution < 1.29 is 0 Å². The van der Waals surface area contributed by atoms with Gasteiger partial charge in [0.05, 0.1) is 0 Å². The molecule has 2 aliphatic rings. The van der Waals surface area contributed by atoms with Crippen LogP contribution in [-0.4, -0.2) is 30.6 Å². The summed E-state index contributed by atoms with van der Waals surface area (Å²) >= 11 is 0. The fourth-order valence-corrected chi connectivity index (χ4v) is 4.89. The van der Waals surface area contributed by atoms with Crippen LogP contribution in [0.3, 0.4) is 0 Å². The zero-order chi connectivity index (χ0) is 14.8. The lowest BCUT2D eigenvalue weighted by atomic mass is 9.81. The first-order valence-electron chi connectivity index (χ1n) is 8.96. The van der Waals surface area contributed by atoms with Gasteiger partial charge in [-0.3, -0.25) is 4.90 Å². The van der Waals surface area contributed by atoms with E-state index in [0.717, 1.165) is 30.2 Å². The molecule has 2 rings (SSSR count). The predicted octanol–water partition coefficient (Wildman–Crippen LogP) is 3.90. The summed E-state index contributed by atoms with van der Waals surface area (Å²) in [5.74, 6) is 3.81. The summed E-state index contributed by atoms with van der Waals surface area (Å²) in [6.07, 6.45) is 9.72. The Bertz CT molecular complexity index is 298. The van der Waals surface area contributed by atoms with E-state index in [9.17, 15) is 0 Å². The Balaban J connectivity index is 1.97. The van der Waals surface area contributed by atoms with Gasteiger partial charge in [0.2, 0.25) is 0 Å². The highest BCUT2D eigenvalue weighted by molar-refractivity contribution is 4.95. The fourth-order valence-electron chi connectivity index (χ4n) is 4.89. The fraction of sp³-hybridized carbons (Fsp3) is 1.00. The first-order chi connectivity index (χ1) is 9.54. The van der Waals surface area contributed by atoms with E-state index in [2.05, 4.69) is 32.7 Å². The molecule has 2 bridgehead atoms. The van der Waals surface area contributed by atoms with Gasteiger partial charge in [0.1, 0.15) is 0 Å². The van der Waals surface area contributed by atoms with E-state index in [1.165, 1.54) is 51.5 Å². The maximum absolute atomic E-state index is 6.23. The molecule has 0 aliphatic heterocycles. The van der Waals surface area contributed by atoms with E-state index in [4.69, 9.17) is 5.73 Å². The second-order valence-corrected chi connectivity index (χ2v) is 7.82. The van der Waals surface area contributed by atoms with Crippen molar-refractivity contribution in [2.75, 3.05) is 20.1 Å². The van der Waals surface area contributed by atoms with Gasteiger partial charge in [0.25, 0.3) is 0 Å². The minimum absolute atomic E-state index is 0.233. The third-order valence-corrected chi connectivity index (χ3v) is 6.67. The zero-order valence-corrected chi connectivity index (χ0v) is 14.2. The highest BCUT2D eigenvalue weighted by atomic mass is 15.2. The molecule has 2 heteroatoms. The van der Waals surface area contributed by atoms with Crippen molar-refractivity contribution in [2.45, 2.75) is 71.3 Å². The van der Waals surface area contributed by atoms with E-state index in [-0.39, 0.29) is 5.54 Å². The van der Waals surface area contributed by atoms with Crippen molar-refractivity contribution in [1.82, 2.24) is 4.90 Å². The molecule has 2 nitrogen and oxygen atoms in total. The van der Waals surface area contributed by atoms with Crippen molar-refractivity contribution in [3.8, 4) is 0 Å². The molecule has 0 radical (unpaired) electrons. The maximum atomic E-state index is 6.23. The van der Waals surface area contributed by atoms with Crippen LogP contribution in [0.4, 0.5) is 0 Å². The Morgan fingerprint density at radius 2 is 2.00 bits per heavy atom. The highest BCUT2D eigenvalue weighted by Gasteiger charge is 2.42. The molecule has 0 aromatic rings. The van der Waals surface area contributed by atoms with E-state index in [1.807, 2.05) is 0 Å². The molecule has 0 spiro atoms. The van der Waals surface area contributed by atoms with Crippen molar-refractivity contribution in [2.24, 2.45) is 29.4 Å². The zero-order valence-electron chi connectivity index (χ0n) is 14.2. The maximum Gasteiger partial charge on any atom is 0.0328 e. The summed E-state index contributed by atoms with van der Waals surface area (Å²) in [4.78, 5) is 2.64. The number of rotatable bonds is 8. The topological polar surface area (TPSA) is 29.3 Å². The second kappa shape index (κ2) is 6.79. The van der Waals surface area contributed by atoms with Crippen molar-refractivity contribution in [3.05, 3.63) is 0 Å². The molecule has 20 heavy (non-hydrogen) atoms. The first kappa shape index (κ1) is 16.3. The lowest BCUT2D eigenvalue weighted by molar-refractivity contribution is 0.0658. The molecule has 0 aromatic carbocycles. The minimum atomic E-state index is 0.233. The molecule has 2 fully saturated rings. The normalized spacial score (nSPS) is 33.6. The molecule has 0 saturated heterocycles. The van der Waals surface area contributed by atoms with Crippen LogP contribution in [0.5, 0.6) is 0 Å². The number of nitrogens with zero attached hydrogens (tertiary/aromatic N) is 1. The van der Waals surface area contributed by atoms with Crippen LogP contribution in [0, 0.1) is 23.7 Å². The van der Waals surface area contributed by atoms with Crippen LogP contribution < -0.4 is 5.73 Å². The summed E-state index contributed by atoms with van der Waals surface area (Å²) in [6.45, 7) is 9.10. The number of hydrogen-bond acceptors (Lipinski definition) is 2. The third kappa shape index (κ3) is 3.22. The molecule has 2 N–H and O–H groups in total. The van der Waals surface area contributed by atoms with Gasteiger partial charge in [-0.1, -0.05) is 33.6 Å². The van der Waals surface area contributed by atoms with E-state index in [0.29, 0.717) is 0 Å². The molecule has 2 aliphatic carbocycles. The van der Waals surface area contributed by atoms with Gasteiger partial charge in [-0.15, -0.1) is 0 Å². The molecule has 118 valence electrons. The Morgan fingerprint density at radius 3 is 2.45 bits per heavy atom. The molecule has 2 saturated carbocycles. The van der Waals surface area contributed by atoms with E-state index >= 15 is 0 Å². The average molecular weight is 280 g/mol. The number of likely N-dealkylation sites (N-methyl/N-ethyl adjacent to an activating group) is 1. The quantitative estimate of drug-likeness (QED) is 0.730. The second-order valence-electron chi connectivity index (χ2n) is 7.82. The van der Waals surface area contributed by atoms with Gasteiger partial charge < -0.3 is 5.73 Å². The Kier molecular flexibility index (Phi) is 5.53. The van der Waals surface area contributed by atoms with Crippen LogP contribution in [0.2, 0.25) is 0 Å². The monoisotopic (exact) mass is 280 g/mol. The first-order valence-corrected chi connectivity index (χ1v) is 8.96. The molecule has 5 atom stereocenters.